The van der Waals surface area contributed by atoms with Crippen LogP contribution >= 0.6 is 24.0 Å². The van der Waals surface area contributed by atoms with Crippen molar-refractivity contribution in [3.8, 4) is 0 Å². The van der Waals surface area contributed by atoms with Gasteiger partial charge >= 0.3 is 0 Å². The van der Waals surface area contributed by atoms with Gasteiger partial charge in [-0.1, -0.05) is 0 Å². The summed E-state index contributed by atoms with van der Waals surface area (Å²) in [4.78, 5) is 15.8. The van der Waals surface area contributed by atoms with Gasteiger partial charge in [-0.3, -0.25) is 9.79 Å². The van der Waals surface area contributed by atoms with E-state index in [1.54, 1.807) is 0 Å². The van der Waals surface area contributed by atoms with E-state index < -0.39 is 0 Å². The molecule has 0 heterocycles. The Kier molecular flexibility index (Phi) is 11.8. The molecule has 0 aliphatic heterocycles. The molecule has 1 aliphatic carbocycles. The number of halogens is 1. The van der Waals surface area contributed by atoms with Crippen molar-refractivity contribution in [3.05, 3.63) is 0 Å². The Morgan fingerprint density at radius 1 is 1.20 bits per heavy atom. The van der Waals surface area contributed by atoms with Crippen molar-refractivity contribution in [2.24, 2.45) is 10.9 Å². The molecule has 0 unspecified atom stereocenters. The summed E-state index contributed by atoms with van der Waals surface area (Å²) in [5.74, 6) is 1.22. The number of aliphatic imine (C=N–C) groups is 1. The zero-order valence-corrected chi connectivity index (χ0v) is 14.7. The van der Waals surface area contributed by atoms with Gasteiger partial charge in [0.15, 0.2) is 5.96 Å². The molecule has 118 valence electrons. The number of nitrogens with zero attached hydrogens (tertiary/aromatic N) is 1. The van der Waals surface area contributed by atoms with Crippen LogP contribution < -0.4 is 16.0 Å². The van der Waals surface area contributed by atoms with Gasteiger partial charge in [-0.25, -0.2) is 0 Å². The van der Waals surface area contributed by atoms with E-state index in [0.29, 0.717) is 32.8 Å². The highest BCUT2D eigenvalue weighted by Gasteiger charge is 2.28. The number of hydrogen-bond acceptors (Lipinski definition) is 3. The lowest BCUT2D eigenvalue weighted by atomic mass is 10.4. The second-order valence-corrected chi connectivity index (χ2v) is 4.45. The van der Waals surface area contributed by atoms with Gasteiger partial charge in [0.1, 0.15) is 0 Å². The van der Waals surface area contributed by atoms with Gasteiger partial charge in [0.2, 0.25) is 5.91 Å². The van der Waals surface area contributed by atoms with E-state index in [0.717, 1.165) is 25.3 Å². The lowest BCUT2D eigenvalue weighted by Crippen LogP contribution is -2.42. The monoisotopic (exact) mass is 398 g/mol. The van der Waals surface area contributed by atoms with E-state index in [4.69, 9.17) is 4.74 Å². The molecule has 0 spiro atoms. The van der Waals surface area contributed by atoms with Crippen molar-refractivity contribution in [2.75, 3.05) is 39.4 Å². The first-order valence-electron chi connectivity index (χ1n) is 7.15. The first kappa shape index (κ1) is 19.4. The summed E-state index contributed by atoms with van der Waals surface area (Å²) >= 11 is 0. The normalized spacial score (nSPS) is 14.4. The van der Waals surface area contributed by atoms with Crippen LogP contribution in [0.3, 0.4) is 0 Å². The minimum atomic E-state index is 0. The first-order chi connectivity index (χ1) is 9.27. The molecule has 0 saturated heterocycles. The number of amides is 1. The van der Waals surface area contributed by atoms with Crippen molar-refractivity contribution in [1.29, 1.82) is 0 Å². The highest BCUT2D eigenvalue weighted by atomic mass is 127. The number of carbonyl (C=O) groups is 1. The Hall–Kier alpha value is -0.570. The molecule has 0 atom stereocenters. The van der Waals surface area contributed by atoms with Crippen LogP contribution in [-0.2, 0) is 9.53 Å². The Balaban J connectivity index is 0.00000361. The van der Waals surface area contributed by atoms with Gasteiger partial charge in [-0.2, -0.15) is 0 Å². The van der Waals surface area contributed by atoms with Crippen LogP contribution in [0.5, 0.6) is 0 Å². The third-order valence-corrected chi connectivity index (χ3v) is 2.72. The van der Waals surface area contributed by atoms with Crippen molar-refractivity contribution in [1.82, 2.24) is 16.0 Å². The second kappa shape index (κ2) is 12.2. The van der Waals surface area contributed by atoms with Gasteiger partial charge in [0.25, 0.3) is 0 Å². The number of ether oxygens (including phenoxy) is 1. The number of carbonyl (C=O) groups excluding carboxylic acids is 1. The quantitative estimate of drug-likeness (QED) is 0.232. The topological polar surface area (TPSA) is 74.8 Å². The fourth-order valence-electron chi connectivity index (χ4n) is 1.56. The van der Waals surface area contributed by atoms with Crippen LogP contribution in [0.15, 0.2) is 4.99 Å². The Labute approximate surface area is 138 Å². The van der Waals surface area contributed by atoms with E-state index in [1.807, 2.05) is 13.8 Å². The average Bonchev–Trinajstić information content (AvgIpc) is 3.23. The Bertz CT molecular complexity index is 296. The Morgan fingerprint density at radius 2 is 1.90 bits per heavy atom. The van der Waals surface area contributed by atoms with Crippen LogP contribution in [0, 0.1) is 5.92 Å². The molecular formula is C13H27IN4O2. The third-order valence-electron chi connectivity index (χ3n) is 2.72. The summed E-state index contributed by atoms with van der Waals surface area (Å²) in [5.41, 5.74) is 0. The fourth-order valence-corrected chi connectivity index (χ4v) is 1.56. The van der Waals surface area contributed by atoms with Crippen molar-refractivity contribution < 1.29 is 9.53 Å². The predicted octanol–water partition coefficient (Wildman–Crippen LogP) is 0.722. The van der Waals surface area contributed by atoms with E-state index in [2.05, 4.69) is 20.9 Å². The molecule has 1 fully saturated rings. The molecule has 6 nitrogen and oxygen atoms in total. The largest absolute Gasteiger partial charge is 0.380 e. The van der Waals surface area contributed by atoms with Crippen molar-refractivity contribution in [2.45, 2.75) is 26.7 Å². The van der Waals surface area contributed by atoms with Crippen LogP contribution in [0.4, 0.5) is 0 Å². The zero-order chi connectivity index (χ0) is 13.9. The minimum absolute atomic E-state index is 0. The molecule has 20 heavy (non-hydrogen) atoms. The summed E-state index contributed by atoms with van der Waals surface area (Å²) in [7, 11) is 0. The highest BCUT2D eigenvalue weighted by molar-refractivity contribution is 14.0. The zero-order valence-electron chi connectivity index (χ0n) is 12.4. The predicted molar refractivity (Wildman–Crippen MR) is 91.6 cm³/mol. The molecule has 7 heteroatoms. The van der Waals surface area contributed by atoms with Gasteiger partial charge < -0.3 is 20.7 Å². The second-order valence-electron chi connectivity index (χ2n) is 4.45. The van der Waals surface area contributed by atoms with Crippen LogP contribution in [0.25, 0.3) is 0 Å². The van der Waals surface area contributed by atoms with Crippen LogP contribution in [0.2, 0.25) is 0 Å². The maximum Gasteiger partial charge on any atom is 0.223 e. The number of nitrogens with one attached hydrogen (secondary N) is 3. The number of hydrogen-bond donors (Lipinski definition) is 3. The van der Waals surface area contributed by atoms with E-state index in [9.17, 15) is 4.79 Å². The standard InChI is InChI=1S/C13H26N4O2.HI/c1-3-14-13(17-9-10-19-4-2)16-8-7-15-12(18)11-5-6-11;/h11H,3-10H2,1-2H3,(H,15,18)(H2,14,16,17);1H. The van der Waals surface area contributed by atoms with Gasteiger partial charge in [-0.15, -0.1) is 24.0 Å². The van der Waals surface area contributed by atoms with E-state index in [1.165, 1.54) is 0 Å². The van der Waals surface area contributed by atoms with Gasteiger partial charge in [0.05, 0.1) is 13.2 Å². The van der Waals surface area contributed by atoms with Gasteiger partial charge in [0, 0.05) is 32.2 Å². The molecule has 0 aromatic carbocycles. The molecule has 3 N–H and O–H groups in total. The first-order valence-corrected chi connectivity index (χ1v) is 7.15. The molecule has 0 radical (unpaired) electrons. The highest BCUT2D eigenvalue weighted by Crippen LogP contribution is 2.28. The fraction of sp³-hybridized carbons (Fsp3) is 0.846. The van der Waals surface area contributed by atoms with E-state index >= 15 is 0 Å². The lowest BCUT2D eigenvalue weighted by Gasteiger charge is -2.11. The molecule has 0 aromatic rings. The molecular weight excluding hydrogens is 371 g/mol. The summed E-state index contributed by atoms with van der Waals surface area (Å²) in [6.07, 6.45) is 2.08. The summed E-state index contributed by atoms with van der Waals surface area (Å²) < 4.78 is 5.23. The number of guanidine groups is 1. The Morgan fingerprint density at radius 3 is 2.50 bits per heavy atom. The summed E-state index contributed by atoms with van der Waals surface area (Å²) in [5, 5.41) is 9.24. The molecule has 0 bridgehead atoms. The molecule has 1 amide bonds. The smallest absolute Gasteiger partial charge is 0.223 e. The van der Waals surface area contributed by atoms with E-state index in [-0.39, 0.29) is 35.8 Å². The third kappa shape index (κ3) is 9.35. The summed E-state index contributed by atoms with van der Waals surface area (Å²) in [6, 6.07) is 0. The average molecular weight is 398 g/mol. The lowest BCUT2D eigenvalue weighted by molar-refractivity contribution is -0.122. The van der Waals surface area contributed by atoms with Crippen LogP contribution in [0.1, 0.15) is 26.7 Å². The SMILES string of the molecule is CCNC(=NCCOCC)NCCNC(=O)C1CC1.I. The molecule has 0 aromatic heterocycles. The van der Waals surface area contributed by atoms with Crippen LogP contribution in [-0.4, -0.2) is 51.3 Å². The molecule has 1 rings (SSSR count). The number of rotatable bonds is 9. The molecule has 1 aliphatic rings. The van der Waals surface area contributed by atoms with Crippen molar-refractivity contribution in [3.63, 3.8) is 0 Å². The van der Waals surface area contributed by atoms with Crippen molar-refractivity contribution >= 4 is 35.8 Å². The maximum atomic E-state index is 11.4. The molecule has 1 saturated carbocycles. The minimum Gasteiger partial charge on any atom is -0.380 e. The maximum absolute atomic E-state index is 11.4. The van der Waals surface area contributed by atoms with Gasteiger partial charge in [-0.05, 0) is 26.7 Å². The summed E-state index contributed by atoms with van der Waals surface area (Å²) in [6.45, 7) is 8.10.